The summed E-state index contributed by atoms with van der Waals surface area (Å²) in [5.74, 6) is 0. The van der Waals surface area contributed by atoms with Crippen molar-refractivity contribution in [3.8, 4) is 5.69 Å². The third kappa shape index (κ3) is 6.96. The monoisotopic (exact) mass is 926 g/mol. The van der Waals surface area contributed by atoms with Gasteiger partial charge in [0.2, 0.25) is 0 Å². The molecule has 0 aliphatic carbocycles. The molecule has 7 heteroatoms. The Morgan fingerprint density at radius 3 is 1.26 bits per heavy atom. The molecule has 212 valence electrons. The highest BCUT2D eigenvalue weighted by molar-refractivity contribution is 14.1. The minimum absolute atomic E-state index is 1.09. The molecule has 2 aromatic heterocycles. The van der Waals surface area contributed by atoms with Crippen LogP contribution in [0.2, 0.25) is 0 Å². The van der Waals surface area contributed by atoms with Gasteiger partial charge in [0.15, 0.2) is 0 Å². The number of hydrogen-bond acceptors (Lipinski definition) is 0. The SMILES string of the molecule is Brc1ccc2c(c1)[nH]c1cc(Br)ccc12.Brc1ccc2c3ccc(Br)cc3n(-c3ccccc3)c2c1.Ic1ccccc1. The number of H-pyrrole nitrogens is 1. The molecule has 0 unspecified atom stereocenters. The van der Waals surface area contributed by atoms with E-state index in [-0.39, 0.29) is 0 Å². The molecule has 0 saturated carbocycles. The van der Waals surface area contributed by atoms with Gasteiger partial charge in [0.1, 0.15) is 0 Å². The van der Waals surface area contributed by atoms with Gasteiger partial charge in [0.05, 0.1) is 11.0 Å². The summed E-state index contributed by atoms with van der Waals surface area (Å²) in [6.07, 6.45) is 0. The largest absolute Gasteiger partial charge is 0.354 e. The van der Waals surface area contributed by atoms with E-state index in [4.69, 9.17) is 0 Å². The zero-order chi connectivity index (χ0) is 29.9. The second kappa shape index (κ2) is 13.7. The smallest absolute Gasteiger partial charge is 0.0552 e. The molecule has 2 nitrogen and oxygen atoms in total. The third-order valence-corrected chi connectivity index (χ3v) is 9.65. The zero-order valence-electron chi connectivity index (χ0n) is 22.5. The molecule has 0 spiro atoms. The molecule has 0 amide bonds. The van der Waals surface area contributed by atoms with Crippen LogP contribution >= 0.6 is 86.3 Å². The molecule has 8 aromatic rings. The summed E-state index contributed by atoms with van der Waals surface area (Å²) in [6.45, 7) is 0. The van der Waals surface area contributed by atoms with E-state index in [1.165, 1.54) is 41.8 Å². The highest BCUT2D eigenvalue weighted by atomic mass is 127. The van der Waals surface area contributed by atoms with Gasteiger partial charge in [-0.2, -0.15) is 0 Å². The van der Waals surface area contributed by atoms with Crippen molar-refractivity contribution in [3.63, 3.8) is 0 Å². The van der Waals surface area contributed by atoms with Crippen LogP contribution in [-0.2, 0) is 0 Å². The number of hydrogen-bond donors (Lipinski definition) is 1. The maximum absolute atomic E-state index is 3.59. The maximum Gasteiger partial charge on any atom is 0.0552 e. The summed E-state index contributed by atoms with van der Waals surface area (Å²) in [5.41, 5.74) is 5.93. The minimum atomic E-state index is 1.09. The van der Waals surface area contributed by atoms with Crippen LogP contribution < -0.4 is 0 Å². The van der Waals surface area contributed by atoms with Crippen LogP contribution in [0.3, 0.4) is 0 Å². The molecule has 6 aromatic carbocycles. The zero-order valence-corrected chi connectivity index (χ0v) is 31.0. The van der Waals surface area contributed by atoms with Gasteiger partial charge in [0.25, 0.3) is 0 Å². The number of para-hydroxylation sites is 1. The van der Waals surface area contributed by atoms with E-state index in [2.05, 4.69) is 205 Å². The van der Waals surface area contributed by atoms with E-state index in [1.807, 2.05) is 24.3 Å². The molecule has 0 aliphatic heterocycles. The molecule has 8 rings (SSSR count). The minimum Gasteiger partial charge on any atom is -0.354 e. The van der Waals surface area contributed by atoms with Crippen LogP contribution in [-0.4, -0.2) is 9.55 Å². The molecular weight excluding hydrogens is 907 g/mol. The lowest BCUT2D eigenvalue weighted by Crippen LogP contribution is -1.92. The molecule has 43 heavy (non-hydrogen) atoms. The highest BCUT2D eigenvalue weighted by Gasteiger charge is 2.12. The van der Waals surface area contributed by atoms with Gasteiger partial charge in [-0.25, -0.2) is 0 Å². The van der Waals surface area contributed by atoms with Crippen molar-refractivity contribution >= 4 is 130 Å². The quantitative estimate of drug-likeness (QED) is 0.158. The van der Waals surface area contributed by atoms with Crippen molar-refractivity contribution < 1.29 is 0 Å². The van der Waals surface area contributed by atoms with Crippen LogP contribution in [0.15, 0.2) is 151 Å². The van der Waals surface area contributed by atoms with Crippen LogP contribution in [0, 0.1) is 3.57 Å². The molecule has 2 heterocycles. The Morgan fingerprint density at radius 2 is 0.837 bits per heavy atom. The molecule has 0 fully saturated rings. The topological polar surface area (TPSA) is 20.7 Å². The summed E-state index contributed by atoms with van der Waals surface area (Å²) < 4.78 is 7.98. The number of aromatic amines is 1. The second-order valence-corrected chi connectivity index (χ2v) is 14.7. The van der Waals surface area contributed by atoms with Gasteiger partial charge in [0, 0.05) is 59.7 Å². The van der Waals surface area contributed by atoms with Crippen molar-refractivity contribution in [2.24, 2.45) is 0 Å². The number of fused-ring (bicyclic) bond motifs is 6. The van der Waals surface area contributed by atoms with E-state index in [1.54, 1.807) is 0 Å². The first-order valence-electron chi connectivity index (χ1n) is 13.4. The fourth-order valence-corrected chi connectivity index (χ4v) is 6.92. The highest BCUT2D eigenvalue weighted by Crippen LogP contribution is 2.35. The van der Waals surface area contributed by atoms with Crippen LogP contribution in [0.25, 0.3) is 49.3 Å². The van der Waals surface area contributed by atoms with Crippen molar-refractivity contribution in [2.45, 2.75) is 0 Å². The van der Waals surface area contributed by atoms with E-state index in [0.717, 1.165) is 28.9 Å². The Labute approximate surface area is 297 Å². The number of nitrogens with zero attached hydrogens (tertiary/aromatic N) is 1. The van der Waals surface area contributed by atoms with Crippen LogP contribution in [0.4, 0.5) is 0 Å². The molecular formula is C36H23Br4IN2. The lowest BCUT2D eigenvalue weighted by molar-refractivity contribution is 1.18. The number of nitrogens with one attached hydrogen (secondary N) is 1. The van der Waals surface area contributed by atoms with Gasteiger partial charge in [-0.1, -0.05) is 124 Å². The van der Waals surface area contributed by atoms with Gasteiger partial charge in [-0.3, -0.25) is 0 Å². The molecule has 0 bridgehead atoms. The van der Waals surface area contributed by atoms with Crippen molar-refractivity contribution in [1.29, 1.82) is 0 Å². The summed E-state index contributed by atoms with van der Waals surface area (Å²) >= 11 is 16.4. The van der Waals surface area contributed by atoms with Crippen LogP contribution in [0.5, 0.6) is 0 Å². The lowest BCUT2D eigenvalue weighted by Gasteiger charge is -2.07. The fourth-order valence-electron chi connectivity index (χ4n) is 5.09. The van der Waals surface area contributed by atoms with E-state index < -0.39 is 0 Å². The lowest BCUT2D eigenvalue weighted by atomic mass is 10.2. The van der Waals surface area contributed by atoms with Crippen molar-refractivity contribution in [3.05, 3.63) is 155 Å². The molecule has 0 atom stereocenters. The molecule has 1 N–H and O–H groups in total. The third-order valence-electron chi connectivity index (χ3n) is 6.96. The Balaban J connectivity index is 0.000000130. The summed E-state index contributed by atoms with van der Waals surface area (Å²) in [5, 5.41) is 5.07. The van der Waals surface area contributed by atoms with E-state index >= 15 is 0 Å². The average Bonchev–Trinajstić information content (AvgIpc) is 3.51. The molecule has 0 aliphatic rings. The maximum atomic E-state index is 3.59. The van der Waals surface area contributed by atoms with Gasteiger partial charge >= 0.3 is 0 Å². The first kappa shape index (κ1) is 30.6. The normalized spacial score (nSPS) is 10.9. The number of halogens is 5. The average molecular weight is 930 g/mol. The molecule has 0 saturated heterocycles. The fraction of sp³-hybridized carbons (Fsp3) is 0. The van der Waals surface area contributed by atoms with E-state index in [9.17, 15) is 0 Å². The predicted octanol–water partition coefficient (Wildman–Crippen LogP) is 13.4. The number of benzene rings is 6. The van der Waals surface area contributed by atoms with Gasteiger partial charge in [-0.05, 0) is 95.4 Å². The summed E-state index contributed by atoms with van der Waals surface area (Å²) in [7, 11) is 0. The Hall–Kier alpha value is -2.43. The van der Waals surface area contributed by atoms with Crippen LogP contribution in [0.1, 0.15) is 0 Å². The Bertz CT molecular complexity index is 2070. The number of rotatable bonds is 1. The Kier molecular flexibility index (Phi) is 9.74. The van der Waals surface area contributed by atoms with Crippen molar-refractivity contribution in [2.75, 3.05) is 0 Å². The second-order valence-electron chi connectivity index (χ2n) is 9.79. The standard InChI is InChI=1S/C18H11Br2N.C12H7Br2N.C6H5I/c19-12-6-8-15-16-9-7-13(20)11-18(16)21(17(15)10-12)14-4-2-1-3-5-14;13-7-1-3-9-10-4-2-8(14)6-12(10)15-11(9)5-7;7-6-4-2-1-3-5-6/h1-11H;1-6,15H;1-5H. The molecule has 0 radical (unpaired) electrons. The Morgan fingerprint density at radius 1 is 0.442 bits per heavy atom. The van der Waals surface area contributed by atoms with Crippen molar-refractivity contribution in [1.82, 2.24) is 9.55 Å². The predicted molar refractivity (Wildman–Crippen MR) is 207 cm³/mol. The van der Waals surface area contributed by atoms with Gasteiger partial charge in [-0.15, -0.1) is 0 Å². The van der Waals surface area contributed by atoms with E-state index in [0.29, 0.717) is 0 Å². The first-order valence-corrected chi connectivity index (χ1v) is 17.6. The van der Waals surface area contributed by atoms with Gasteiger partial charge < -0.3 is 9.55 Å². The number of aromatic nitrogens is 2. The summed E-state index contributed by atoms with van der Waals surface area (Å²) in [6, 6.07) is 46.2. The first-order chi connectivity index (χ1) is 20.9. The summed E-state index contributed by atoms with van der Waals surface area (Å²) in [4.78, 5) is 3.40.